The Bertz CT molecular complexity index is 1210. The number of nitrogens with one attached hydrogen (secondary N) is 1. The maximum absolute atomic E-state index is 13.0. The summed E-state index contributed by atoms with van der Waals surface area (Å²) in [6.45, 7) is 2.01. The molecule has 1 amide bonds. The van der Waals surface area contributed by atoms with Gasteiger partial charge in [-0.15, -0.1) is 0 Å². The van der Waals surface area contributed by atoms with Crippen LogP contribution in [0.1, 0.15) is 21.5 Å². The van der Waals surface area contributed by atoms with Crippen LogP contribution in [0.3, 0.4) is 0 Å². The van der Waals surface area contributed by atoms with Crippen LogP contribution in [0, 0.1) is 6.92 Å². The van der Waals surface area contributed by atoms with Crippen LogP contribution in [0.4, 0.5) is 5.69 Å². The van der Waals surface area contributed by atoms with Gasteiger partial charge in [-0.3, -0.25) is 9.52 Å². The molecule has 0 aliphatic carbocycles. The molecule has 7 nitrogen and oxygen atoms in total. The number of amides is 1. The second-order valence-electron chi connectivity index (χ2n) is 7.30. The SMILES string of the molecule is COc1ccc(CN(C)C(=O)c2ccc(C)c(S(=O)(=O)Nc3ccccc3)c2)cc1OC. The number of carbonyl (C=O) groups excluding carboxylic acids is 1. The van der Waals surface area contributed by atoms with E-state index in [2.05, 4.69) is 4.72 Å². The zero-order valence-electron chi connectivity index (χ0n) is 18.5. The summed E-state index contributed by atoms with van der Waals surface area (Å²) in [6, 6.07) is 18.7. The molecule has 0 saturated carbocycles. The van der Waals surface area contributed by atoms with Gasteiger partial charge in [-0.2, -0.15) is 0 Å². The minimum Gasteiger partial charge on any atom is -0.493 e. The van der Waals surface area contributed by atoms with Gasteiger partial charge in [-0.25, -0.2) is 8.42 Å². The summed E-state index contributed by atoms with van der Waals surface area (Å²) in [6.07, 6.45) is 0. The third-order valence-electron chi connectivity index (χ3n) is 4.97. The fraction of sp³-hybridized carbons (Fsp3) is 0.208. The highest BCUT2D eigenvalue weighted by atomic mass is 32.2. The number of nitrogens with zero attached hydrogens (tertiary/aromatic N) is 1. The summed E-state index contributed by atoms with van der Waals surface area (Å²) in [5, 5.41) is 0. The highest BCUT2D eigenvalue weighted by Crippen LogP contribution is 2.28. The maximum atomic E-state index is 13.0. The topological polar surface area (TPSA) is 84.9 Å². The van der Waals surface area contributed by atoms with Crippen LogP contribution in [-0.2, 0) is 16.6 Å². The Hall–Kier alpha value is -3.52. The van der Waals surface area contributed by atoms with Crippen LogP contribution in [0.5, 0.6) is 11.5 Å². The third kappa shape index (κ3) is 5.20. The predicted molar refractivity (Wildman–Crippen MR) is 124 cm³/mol. The van der Waals surface area contributed by atoms with E-state index in [4.69, 9.17) is 9.47 Å². The lowest BCUT2D eigenvalue weighted by atomic mass is 10.1. The highest BCUT2D eigenvalue weighted by Gasteiger charge is 2.21. The Morgan fingerprint density at radius 3 is 2.28 bits per heavy atom. The fourth-order valence-corrected chi connectivity index (χ4v) is 4.61. The Kier molecular flexibility index (Phi) is 7.05. The number of anilines is 1. The van der Waals surface area contributed by atoms with Gasteiger partial charge in [0.05, 0.1) is 19.1 Å². The average Bonchev–Trinajstić information content (AvgIpc) is 2.79. The van der Waals surface area contributed by atoms with E-state index in [1.165, 1.54) is 11.0 Å². The second kappa shape index (κ2) is 9.74. The predicted octanol–water partition coefficient (Wildman–Crippen LogP) is 4.09. The average molecular weight is 455 g/mol. The maximum Gasteiger partial charge on any atom is 0.262 e. The Balaban J connectivity index is 1.83. The molecule has 168 valence electrons. The molecule has 0 spiro atoms. The minimum absolute atomic E-state index is 0.0618. The molecule has 8 heteroatoms. The molecule has 0 saturated heterocycles. The van der Waals surface area contributed by atoms with Crippen molar-refractivity contribution in [3.63, 3.8) is 0 Å². The third-order valence-corrected chi connectivity index (χ3v) is 6.49. The van der Waals surface area contributed by atoms with Crippen molar-refractivity contribution in [1.29, 1.82) is 0 Å². The Morgan fingerprint density at radius 1 is 0.938 bits per heavy atom. The molecule has 0 radical (unpaired) electrons. The van der Waals surface area contributed by atoms with Gasteiger partial charge in [-0.1, -0.05) is 30.3 Å². The van der Waals surface area contributed by atoms with Crippen LogP contribution in [0.25, 0.3) is 0 Å². The number of benzene rings is 3. The van der Waals surface area contributed by atoms with Crippen molar-refractivity contribution in [3.05, 3.63) is 83.4 Å². The first kappa shape index (κ1) is 23.1. The summed E-state index contributed by atoms with van der Waals surface area (Å²) in [7, 11) is 0.918. The zero-order valence-corrected chi connectivity index (χ0v) is 19.3. The normalized spacial score (nSPS) is 11.0. The zero-order chi connectivity index (χ0) is 23.3. The van der Waals surface area contributed by atoms with Gasteiger partial charge in [0.15, 0.2) is 11.5 Å². The number of carbonyl (C=O) groups is 1. The first-order valence-electron chi connectivity index (χ1n) is 9.90. The van der Waals surface area contributed by atoms with Crippen LogP contribution < -0.4 is 14.2 Å². The molecule has 32 heavy (non-hydrogen) atoms. The van der Waals surface area contributed by atoms with E-state index >= 15 is 0 Å². The number of para-hydroxylation sites is 1. The van der Waals surface area contributed by atoms with Crippen molar-refractivity contribution >= 4 is 21.6 Å². The van der Waals surface area contributed by atoms with Crippen molar-refractivity contribution in [2.24, 2.45) is 0 Å². The summed E-state index contributed by atoms with van der Waals surface area (Å²) in [5.74, 6) is 0.877. The van der Waals surface area contributed by atoms with Crippen molar-refractivity contribution in [2.75, 3.05) is 26.0 Å². The van der Waals surface area contributed by atoms with Crippen LogP contribution in [0.2, 0.25) is 0 Å². The van der Waals surface area contributed by atoms with E-state index in [9.17, 15) is 13.2 Å². The first-order chi connectivity index (χ1) is 15.2. The van der Waals surface area contributed by atoms with E-state index in [-0.39, 0.29) is 16.4 Å². The standard InChI is InChI=1S/C24H26N2O5S/c1-17-10-12-19(15-23(17)32(28,29)25-20-8-6-5-7-9-20)24(27)26(2)16-18-11-13-21(30-3)22(14-18)31-4/h5-15,25H,16H2,1-4H3. The number of hydrogen-bond donors (Lipinski definition) is 1. The molecule has 1 N–H and O–H groups in total. The van der Waals surface area contributed by atoms with Gasteiger partial charge in [0, 0.05) is 24.8 Å². The first-order valence-corrected chi connectivity index (χ1v) is 11.4. The molecule has 3 aromatic rings. The summed E-state index contributed by atoms with van der Waals surface area (Å²) < 4.78 is 39.0. The Morgan fingerprint density at radius 2 is 1.62 bits per heavy atom. The lowest BCUT2D eigenvalue weighted by Crippen LogP contribution is -2.26. The monoisotopic (exact) mass is 454 g/mol. The van der Waals surface area contributed by atoms with Crippen LogP contribution in [0.15, 0.2) is 71.6 Å². The molecule has 0 heterocycles. The number of hydrogen-bond acceptors (Lipinski definition) is 5. The molecule has 0 unspecified atom stereocenters. The second-order valence-corrected chi connectivity index (χ2v) is 8.95. The highest BCUT2D eigenvalue weighted by molar-refractivity contribution is 7.92. The van der Waals surface area contributed by atoms with E-state index < -0.39 is 10.0 Å². The lowest BCUT2D eigenvalue weighted by Gasteiger charge is -2.19. The summed E-state index contributed by atoms with van der Waals surface area (Å²) in [4.78, 5) is 14.6. The molecule has 0 aromatic heterocycles. The number of sulfonamides is 1. The minimum atomic E-state index is -3.85. The molecular formula is C24H26N2O5S. The van der Waals surface area contributed by atoms with E-state index in [0.29, 0.717) is 29.3 Å². The molecule has 0 fully saturated rings. The Labute approximate surface area is 188 Å². The van der Waals surface area contributed by atoms with Gasteiger partial charge >= 0.3 is 0 Å². The van der Waals surface area contributed by atoms with Gasteiger partial charge in [0.1, 0.15) is 0 Å². The number of aryl methyl sites for hydroxylation is 1. The van der Waals surface area contributed by atoms with Gasteiger partial charge < -0.3 is 14.4 Å². The molecule has 0 atom stereocenters. The molecule has 0 aliphatic rings. The molecular weight excluding hydrogens is 428 g/mol. The summed E-state index contributed by atoms with van der Waals surface area (Å²) in [5.41, 5.74) is 2.14. The van der Waals surface area contributed by atoms with E-state index in [0.717, 1.165) is 5.56 Å². The lowest BCUT2D eigenvalue weighted by molar-refractivity contribution is 0.0784. The van der Waals surface area contributed by atoms with Crippen molar-refractivity contribution in [2.45, 2.75) is 18.4 Å². The number of ether oxygens (including phenoxy) is 2. The number of methoxy groups -OCH3 is 2. The number of rotatable bonds is 8. The van der Waals surface area contributed by atoms with Crippen molar-refractivity contribution in [1.82, 2.24) is 4.90 Å². The largest absolute Gasteiger partial charge is 0.493 e. The molecule has 3 aromatic carbocycles. The summed E-state index contributed by atoms with van der Waals surface area (Å²) >= 11 is 0. The van der Waals surface area contributed by atoms with Gasteiger partial charge in [0.25, 0.3) is 15.9 Å². The molecule has 0 aliphatic heterocycles. The fourth-order valence-electron chi connectivity index (χ4n) is 3.28. The van der Waals surface area contributed by atoms with E-state index in [1.807, 2.05) is 6.07 Å². The van der Waals surface area contributed by atoms with Crippen molar-refractivity contribution < 1.29 is 22.7 Å². The van der Waals surface area contributed by atoms with Crippen LogP contribution >= 0.6 is 0 Å². The van der Waals surface area contributed by atoms with E-state index in [1.54, 1.807) is 82.8 Å². The van der Waals surface area contributed by atoms with Gasteiger partial charge in [-0.05, 0) is 54.4 Å². The molecule has 0 bridgehead atoms. The van der Waals surface area contributed by atoms with Crippen molar-refractivity contribution in [3.8, 4) is 11.5 Å². The van der Waals surface area contributed by atoms with Crippen LogP contribution in [-0.4, -0.2) is 40.5 Å². The molecule has 3 rings (SSSR count). The van der Waals surface area contributed by atoms with Gasteiger partial charge in [0.2, 0.25) is 0 Å². The smallest absolute Gasteiger partial charge is 0.262 e. The quantitative estimate of drug-likeness (QED) is 0.554.